The van der Waals surface area contributed by atoms with Gasteiger partial charge in [0.15, 0.2) is 0 Å². The molecule has 0 heterocycles. The number of ether oxygens (including phenoxy) is 1. The van der Waals surface area contributed by atoms with Gasteiger partial charge in [0.05, 0.1) is 7.11 Å². The molecule has 0 saturated heterocycles. The number of benzene rings is 2. The fourth-order valence-electron chi connectivity index (χ4n) is 2.03. The van der Waals surface area contributed by atoms with Crippen LogP contribution >= 0.6 is 0 Å². The van der Waals surface area contributed by atoms with Crippen LogP contribution in [-0.4, -0.2) is 19.6 Å². The van der Waals surface area contributed by atoms with Crippen LogP contribution in [-0.2, 0) is 11.2 Å². The molecule has 0 aromatic heterocycles. The van der Waals surface area contributed by atoms with Crippen molar-refractivity contribution in [1.82, 2.24) is 5.32 Å². The number of amides is 1. The Morgan fingerprint density at radius 1 is 1.26 bits per heavy atom. The van der Waals surface area contributed by atoms with Crippen LogP contribution in [0.2, 0.25) is 0 Å². The van der Waals surface area contributed by atoms with Crippen LogP contribution in [0.15, 0.2) is 36.4 Å². The Hall–Kier alpha value is -2.03. The van der Waals surface area contributed by atoms with Crippen molar-refractivity contribution in [2.24, 2.45) is 0 Å². The van der Waals surface area contributed by atoms with E-state index < -0.39 is 0 Å². The Labute approximate surface area is 114 Å². The minimum atomic E-state index is 0. The third-order valence-electron chi connectivity index (χ3n) is 2.95. The number of nitrogens with one attached hydrogen (secondary N) is 1. The number of fused-ring (bicyclic) bond motifs is 1. The first-order valence-corrected chi connectivity index (χ1v) is 6.01. The van der Waals surface area contributed by atoms with E-state index in [0.717, 1.165) is 12.2 Å². The van der Waals surface area contributed by atoms with Gasteiger partial charge in [0.2, 0.25) is 5.91 Å². The van der Waals surface area contributed by atoms with Crippen molar-refractivity contribution in [3.8, 4) is 5.75 Å². The summed E-state index contributed by atoms with van der Waals surface area (Å²) >= 11 is 0. The van der Waals surface area contributed by atoms with Gasteiger partial charge in [-0.1, -0.05) is 31.7 Å². The molecule has 2 rings (SSSR count). The molecule has 0 fully saturated rings. The van der Waals surface area contributed by atoms with E-state index in [9.17, 15) is 4.79 Å². The first-order valence-electron chi connectivity index (χ1n) is 6.01. The molecular formula is C16H21NO2. The first kappa shape index (κ1) is 15.0. The third-order valence-corrected chi connectivity index (χ3v) is 2.95. The monoisotopic (exact) mass is 259 g/mol. The summed E-state index contributed by atoms with van der Waals surface area (Å²) in [6.45, 7) is 2.19. The molecule has 19 heavy (non-hydrogen) atoms. The van der Waals surface area contributed by atoms with Gasteiger partial charge in [0.25, 0.3) is 0 Å². The number of carbonyl (C=O) groups excluding carboxylic acids is 1. The van der Waals surface area contributed by atoms with Gasteiger partial charge < -0.3 is 10.1 Å². The topological polar surface area (TPSA) is 38.3 Å². The second-order valence-corrected chi connectivity index (χ2v) is 4.24. The second kappa shape index (κ2) is 6.78. The summed E-state index contributed by atoms with van der Waals surface area (Å²) in [6, 6.07) is 12.3. The van der Waals surface area contributed by atoms with Crippen LogP contribution in [0.4, 0.5) is 0 Å². The predicted molar refractivity (Wildman–Crippen MR) is 79.6 cm³/mol. The zero-order chi connectivity index (χ0) is 13.0. The minimum absolute atomic E-state index is 0. The normalized spacial score (nSPS) is 9.79. The zero-order valence-corrected chi connectivity index (χ0v) is 10.7. The molecule has 0 saturated carbocycles. The van der Waals surface area contributed by atoms with Crippen LogP contribution in [0, 0.1) is 0 Å². The average Bonchev–Trinajstić information content (AvgIpc) is 2.38. The predicted octanol–water partition coefficient (Wildman–Crippen LogP) is 3.16. The van der Waals surface area contributed by atoms with E-state index in [2.05, 4.69) is 23.5 Å². The van der Waals surface area contributed by atoms with E-state index in [1.54, 1.807) is 7.11 Å². The number of methoxy groups -OCH3 is 1. The van der Waals surface area contributed by atoms with E-state index in [0.29, 0.717) is 6.54 Å². The van der Waals surface area contributed by atoms with Crippen LogP contribution in [0.3, 0.4) is 0 Å². The molecule has 0 radical (unpaired) electrons. The van der Waals surface area contributed by atoms with Crippen LogP contribution < -0.4 is 10.1 Å². The number of rotatable bonds is 4. The molecule has 0 atom stereocenters. The van der Waals surface area contributed by atoms with Crippen molar-refractivity contribution in [2.45, 2.75) is 20.8 Å². The molecule has 102 valence electrons. The Balaban J connectivity index is 0.00000180. The van der Waals surface area contributed by atoms with Crippen molar-refractivity contribution in [3.05, 3.63) is 42.0 Å². The van der Waals surface area contributed by atoms with Gasteiger partial charge >= 0.3 is 0 Å². The zero-order valence-electron chi connectivity index (χ0n) is 10.7. The van der Waals surface area contributed by atoms with Gasteiger partial charge in [-0.25, -0.2) is 0 Å². The number of hydrogen-bond donors (Lipinski definition) is 1. The molecule has 0 aliphatic carbocycles. The van der Waals surface area contributed by atoms with Crippen molar-refractivity contribution < 1.29 is 9.53 Å². The molecule has 3 nitrogen and oxygen atoms in total. The van der Waals surface area contributed by atoms with Gasteiger partial charge in [-0.15, -0.1) is 0 Å². The lowest BCUT2D eigenvalue weighted by molar-refractivity contribution is -0.118. The summed E-state index contributed by atoms with van der Waals surface area (Å²) in [5.41, 5.74) is 1.22. The van der Waals surface area contributed by atoms with Gasteiger partial charge in [-0.3, -0.25) is 4.79 Å². The largest absolute Gasteiger partial charge is 0.497 e. The maximum absolute atomic E-state index is 10.9. The Kier molecular flexibility index (Phi) is 5.37. The summed E-state index contributed by atoms with van der Waals surface area (Å²) in [7, 11) is 1.67. The molecule has 2 aromatic carbocycles. The summed E-state index contributed by atoms with van der Waals surface area (Å²) in [5, 5.41) is 5.19. The highest BCUT2D eigenvalue weighted by atomic mass is 16.5. The molecule has 0 aliphatic heterocycles. The molecular weight excluding hydrogens is 238 g/mol. The average molecular weight is 259 g/mol. The molecule has 1 N–H and O–H groups in total. The fourth-order valence-corrected chi connectivity index (χ4v) is 2.03. The maximum atomic E-state index is 10.9. The minimum Gasteiger partial charge on any atom is -0.497 e. The van der Waals surface area contributed by atoms with Crippen LogP contribution in [0.25, 0.3) is 10.8 Å². The highest BCUT2D eigenvalue weighted by Crippen LogP contribution is 2.24. The first-order chi connectivity index (χ1) is 8.70. The molecule has 0 unspecified atom stereocenters. The fraction of sp³-hybridized carbons (Fsp3) is 0.312. The van der Waals surface area contributed by atoms with Gasteiger partial charge in [-0.2, -0.15) is 0 Å². The molecule has 0 bridgehead atoms. The second-order valence-electron chi connectivity index (χ2n) is 4.24. The van der Waals surface area contributed by atoms with Crippen molar-refractivity contribution in [3.63, 3.8) is 0 Å². The SMILES string of the molecule is C.COc1ccc2cccc(CCNC(C)=O)c2c1. The Bertz CT molecular complexity index is 564. The highest BCUT2D eigenvalue weighted by Gasteiger charge is 2.03. The Morgan fingerprint density at radius 2 is 2.05 bits per heavy atom. The molecule has 2 aromatic rings. The Morgan fingerprint density at radius 3 is 2.74 bits per heavy atom. The van der Waals surface area contributed by atoms with E-state index in [4.69, 9.17) is 4.74 Å². The summed E-state index contributed by atoms with van der Waals surface area (Å²) in [4.78, 5) is 10.9. The summed E-state index contributed by atoms with van der Waals surface area (Å²) in [5.74, 6) is 0.863. The highest BCUT2D eigenvalue weighted by molar-refractivity contribution is 5.87. The van der Waals surface area contributed by atoms with Crippen molar-refractivity contribution in [2.75, 3.05) is 13.7 Å². The standard InChI is InChI=1S/C15H17NO2.CH4/c1-11(17)16-9-8-13-5-3-4-12-6-7-14(18-2)10-15(12)13;/h3-7,10H,8-9H2,1-2H3,(H,16,17);1H4. The molecule has 1 amide bonds. The lowest BCUT2D eigenvalue weighted by Crippen LogP contribution is -2.22. The third kappa shape index (κ3) is 3.71. The van der Waals surface area contributed by atoms with Crippen molar-refractivity contribution >= 4 is 16.7 Å². The maximum Gasteiger partial charge on any atom is 0.216 e. The molecule has 3 heteroatoms. The molecule has 0 spiro atoms. The summed E-state index contributed by atoms with van der Waals surface area (Å²) in [6.07, 6.45) is 0.823. The van der Waals surface area contributed by atoms with Crippen LogP contribution in [0.1, 0.15) is 19.9 Å². The lowest BCUT2D eigenvalue weighted by Gasteiger charge is -2.08. The number of hydrogen-bond acceptors (Lipinski definition) is 2. The van der Waals surface area contributed by atoms with Gasteiger partial charge in [0, 0.05) is 13.5 Å². The van der Waals surface area contributed by atoms with Crippen molar-refractivity contribution in [1.29, 1.82) is 0 Å². The lowest BCUT2D eigenvalue weighted by atomic mass is 10.0. The van der Waals surface area contributed by atoms with Crippen LogP contribution in [0.5, 0.6) is 5.75 Å². The van der Waals surface area contributed by atoms with Gasteiger partial charge in [-0.05, 0) is 34.9 Å². The van der Waals surface area contributed by atoms with E-state index in [-0.39, 0.29) is 13.3 Å². The number of carbonyl (C=O) groups is 1. The quantitative estimate of drug-likeness (QED) is 0.916. The van der Waals surface area contributed by atoms with E-state index in [1.165, 1.54) is 23.3 Å². The van der Waals surface area contributed by atoms with E-state index >= 15 is 0 Å². The summed E-state index contributed by atoms with van der Waals surface area (Å²) < 4.78 is 5.25. The molecule has 0 aliphatic rings. The smallest absolute Gasteiger partial charge is 0.216 e. The van der Waals surface area contributed by atoms with Gasteiger partial charge in [0.1, 0.15) is 5.75 Å². The van der Waals surface area contributed by atoms with E-state index in [1.807, 2.05) is 18.2 Å².